The summed E-state index contributed by atoms with van der Waals surface area (Å²) in [5.41, 5.74) is 9.40. The summed E-state index contributed by atoms with van der Waals surface area (Å²) in [6, 6.07) is 14.1. The number of nitrogens with zero attached hydrogens (tertiary/aromatic N) is 2. The summed E-state index contributed by atoms with van der Waals surface area (Å²) in [4.78, 5) is 8.35. The highest BCUT2D eigenvalue weighted by Crippen LogP contribution is 2.28. The Morgan fingerprint density at radius 1 is 0.840 bits per heavy atom. The lowest BCUT2D eigenvalue weighted by molar-refractivity contribution is 0.628. The third-order valence-electron chi connectivity index (χ3n) is 3.83. The Morgan fingerprint density at radius 3 is 1.80 bits per heavy atom. The first kappa shape index (κ1) is 16.7. The van der Waals surface area contributed by atoms with E-state index in [-0.39, 0.29) is 5.82 Å². The van der Waals surface area contributed by atoms with Crippen molar-refractivity contribution in [3.63, 3.8) is 0 Å². The second-order valence-electron chi connectivity index (χ2n) is 6.02. The summed E-state index contributed by atoms with van der Waals surface area (Å²) in [6.45, 7) is 4.30. The molecule has 1 aromatic heterocycles. The van der Waals surface area contributed by atoms with Crippen molar-refractivity contribution in [1.82, 2.24) is 9.97 Å². The number of hydrogen-bond acceptors (Lipinski definition) is 5. The zero-order valence-corrected chi connectivity index (χ0v) is 14.1. The summed E-state index contributed by atoms with van der Waals surface area (Å²) in [5, 5.41) is 6.26. The van der Waals surface area contributed by atoms with Crippen LogP contribution in [0.2, 0.25) is 0 Å². The number of anilines is 5. The van der Waals surface area contributed by atoms with Gasteiger partial charge in [0, 0.05) is 11.4 Å². The molecule has 0 atom stereocenters. The Balaban J connectivity index is 1.79. The number of nitrogen functional groups attached to an aromatic ring is 1. The van der Waals surface area contributed by atoms with Gasteiger partial charge in [0.1, 0.15) is 17.8 Å². The molecule has 3 rings (SSSR count). The monoisotopic (exact) mass is 337 g/mol. The van der Waals surface area contributed by atoms with E-state index >= 15 is 0 Å². The molecule has 25 heavy (non-hydrogen) atoms. The number of rotatable bonds is 5. The van der Waals surface area contributed by atoms with Gasteiger partial charge in [-0.2, -0.15) is 0 Å². The molecule has 0 aliphatic heterocycles. The quantitative estimate of drug-likeness (QED) is 0.623. The molecule has 6 heteroatoms. The zero-order valence-electron chi connectivity index (χ0n) is 14.1. The first-order chi connectivity index (χ1) is 12.0. The average Bonchev–Trinajstić information content (AvgIpc) is 2.61. The highest BCUT2D eigenvalue weighted by molar-refractivity contribution is 5.80. The SMILES string of the molecule is CC(C)c1ccc(Nc2ncnc(Nc3ccc(F)cc3)c2N)cc1. The van der Waals surface area contributed by atoms with Crippen LogP contribution < -0.4 is 16.4 Å². The van der Waals surface area contributed by atoms with E-state index in [1.165, 1.54) is 24.0 Å². The van der Waals surface area contributed by atoms with Crippen LogP contribution >= 0.6 is 0 Å². The lowest BCUT2D eigenvalue weighted by atomic mass is 10.0. The van der Waals surface area contributed by atoms with Crippen LogP contribution in [0.25, 0.3) is 0 Å². The van der Waals surface area contributed by atoms with Crippen LogP contribution in [0, 0.1) is 5.82 Å². The third kappa shape index (κ3) is 4.03. The number of hydrogen-bond donors (Lipinski definition) is 3. The van der Waals surface area contributed by atoms with Crippen molar-refractivity contribution in [2.75, 3.05) is 16.4 Å². The predicted molar refractivity (Wildman–Crippen MR) is 99.9 cm³/mol. The maximum absolute atomic E-state index is 13.0. The Kier molecular flexibility index (Phi) is 4.79. The van der Waals surface area contributed by atoms with Gasteiger partial charge in [-0.25, -0.2) is 14.4 Å². The van der Waals surface area contributed by atoms with Gasteiger partial charge < -0.3 is 16.4 Å². The normalized spacial score (nSPS) is 10.7. The van der Waals surface area contributed by atoms with E-state index in [9.17, 15) is 4.39 Å². The molecule has 4 N–H and O–H groups in total. The van der Waals surface area contributed by atoms with Crippen LogP contribution in [0.15, 0.2) is 54.9 Å². The van der Waals surface area contributed by atoms with E-state index in [1.54, 1.807) is 12.1 Å². The van der Waals surface area contributed by atoms with Crippen LogP contribution in [-0.2, 0) is 0 Å². The van der Waals surface area contributed by atoms with Crippen molar-refractivity contribution in [2.24, 2.45) is 0 Å². The molecule has 2 aromatic carbocycles. The van der Waals surface area contributed by atoms with Crippen LogP contribution in [0.4, 0.5) is 33.1 Å². The molecule has 0 unspecified atom stereocenters. The van der Waals surface area contributed by atoms with Crippen LogP contribution in [0.1, 0.15) is 25.3 Å². The fraction of sp³-hybridized carbons (Fsp3) is 0.158. The van der Waals surface area contributed by atoms with Crippen LogP contribution in [-0.4, -0.2) is 9.97 Å². The van der Waals surface area contributed by atoms with Crippen molar-refractivity contribution in [2.45, 2.75) is 19.8 Å². The molecule has 0 spiro atoms. The Morgan fingerprint density at radius 2 is 1.32 bits per heavy atom. The van der Waals surface area contributed by atoms with Crippen molar-refractivity contribution in [3.05, 3.63) is 66.2 Å². The molecular weight excluding hydrogens is 317 g/mol. The molecule has 0 bridgehead atoms. The van der Waals surface area contributed by atoms with E-state index in [1.807, 2.05) is 12.1 Å². The number of nitrogens with two attached hydrogens (primary N) is 1. The molecule has 0 aliphatic carbocycles. The Bertz CT molecular complexity index is 845. The number of nitrogens with one attached hydrogen (secondary N) is 2. The minimum atomic E-state index is -0.298. The van der Waals surface area contributed by atoms with Crippen molar-refractivity contribution >= 4 is 28.7 Å². The summed E-state index contributed by atoms with van der Waals surface area (Å²) in [6.07, 6.45) is 1.42. The summed E-state index contributed by atoms with van der Waals surface area (Å²) < 4.78 is 13.0. The van der Waals surface area contributed by atoms with Gasteiger partial charge in [0.2, 0.25) is 0 Å². The molecular formula is C19H20FN5. The van der Waals surface area contributed by atoms with Crippen molar-refractivity contribution < 1.29 is 4.39 Å². The zero-order chi connectivity index (χ0) is 17.8. The van der Waals surface area contributed by atoms with Gasteiger partial charge in [-0.1, -0.05) is 26.0 Å². The molecule has 0 aliphatic rings. The molecule has 1 heterocycles. The Hall–Kier alpha value is -3.15. The fourth-order valence-electron chi connectivity index (χ4n) is 2.35. The lowest BCUT2D eigenvalue weighted by Gasteiger charge is -2.13. The van der Waals surface area contributed by atoms with E-state index in [2.05, 4.69) is 46.6 Å². The first-order valence-electron chi connectivity index (χ1n) is 8.03. The predicted octanol–water partition coefficient (Wildman–Crippen LogP) is 4.81. The Labute approximate surface area is 146 Å². The van der Waals surface area contributed by atoms with E-state index in [4.69, 9.17) is 5.73 Å². The van der Waals surface area contributed by atoms with Gasteiger partial charge in [-0.05, 0) is 47.9 Å². The third-order valence-corrected chi connectivity index (χ3v) is 3.83. The molecule has 0 saturated carbocycles. The second kappa shape index (κ2) is 7.17. The first-order valence-corrected chi connectivity index (χ1v) is 8.03. The van der Waals surface area contributed by atoms with Crippen molar-refractivity contribution in [1.29, 1.82) is 0 Å². The second-order valence-corrected chi connectivity index (χ2v) is 6.02. The van der Waals surface area contributed by atoms with E-state index < -0.39 is 0 Å². The van der Waals surface area contributed by atoms with Gasteiger partial charge in [0.25, 0.3) is 0 Å². The average molecular weight is 337 g/mol. The summed E-state index contributed by atoms with van der Waals surface area (Å²) in [7, 11) is 0. The molecule has 128 valence electrons. The molecule has 5 nitrogen and oxygen atoms in total. The number of benzene rings is 2. The molecule has 0 saturated heterocycles. The molecule has 3 aromatic rings. The highest BCUT2D eigenvalue weighted by Gasteiger charge is 2.09. The molecule has 0 radical (unpaired) electrons. The summed E-state index contributed by atoms with van der Waals surface area (Å²) >= 11 is 0. The maximum atomic E-state index is 13.0. The van der Waals surface area contributed by atoms with Crippen LogP contribution in [0.3, 0.4) is 0 Å². The lowest BCUT2D eigenvalue weighted by Crippen LogP contribution is -2.05. The van der Waals surface area contributed by atoms with Gasteiger partial charge >= 0.3 is 0 Å². The van der Waals surface area contributed by atoms with Crippen LogP contribution in [0.5, 0.6) is 0 Å². The smallest absolute Gasteiger partial charge is 0.159 e. The molecule has 0 amide bonds. The van der Waals surface area contributed by atoms with Gasteiger partial charge in [-0.15, -0.1) is 0 Å². The summed E-state index contributed by atoms with van der Waals surface area (Å²) in [5.74, 6) is 1.15. The maximum Gasteiger partial charge on any atom is 0.159 e. The fourth-order valence-corrected chi connectivity index (χ4v) is 2.35. The highest BCUT2D eigenvalue weighted by atomic mass is 19.1. The standard InChI is InChI=1S/C19H20FN5/c1-12(2)13-3-7-15(8-4-13)24-18-17(21)19(23-11-22-18)25-16-9-5-14(20)6-10-16/h3-12H,21H2,1-2H3,(H2,22,23,24,25). The van der Waals surface area contributed by atoms with Crippen molar-refractivity contribution in [3.8, 4) is 0 Å². The number of aromatic nitrogens is 2. The minimum Gasteiger partial charge on any atom is -0.393 e. The van der Waals surface area contributed by atoms with E-state index in [0.29, 0.717) is 28.9 Å². The minimum absolute atomic E-state index is 0.298. The largest absolute Gasteiger partial charge is 0.393 e. The van der Waals surface area contributed by atoms with E-state index in [0.717, 1.165) is 5.69 Å². The molecule has 0 fully saturated rings. The van der Waals surface area contributed by atoms with Gasteiger partial charge in [0.05, 0.1) is 0 Å². The topological polar surface area (TPSA) is 75.9 Å². The number of halogens is 1. The van der Waals surface area contributed by atoms with Gasteiger partial charge in [0.15, 0.2) is 11.6 Å². The van der Waals surface area contributed by atoms with Gasteiger partial charge in [-0.3, -0.25) is 0 Å².